The molecule has 0 bridgehead atoms. The zero-order valence-electron chi connectivity index (χ0n) is 17.3. The van der Waals surface area contributed by atoms with E-state index < -0.39 is 6.09 Å². The summed E-state index contributed by atoms with van der Waals surface area (Å²) in [6.07, 6.45) is 3.18. The zero-order chi connectivity index (χ0) is 21.6. The van der Waals surface area contributed by atoms with Crippen LogP contribution in [0.25, 0.3) is 11.1 Å². The number of nitrogens with one attached hydrogen (secondary N) is 2. The van der Waals surface area contributed by atoms with Crippen LogP contribution in [0.2, 0.25) is 5.02 Å². The van der Waals surface area contributed by atoms with Gasteiger partial charge < -0.3 is 15.0 Å². The number of hydrogen-bond acceptors (Lipinski definition) is 6. The van der Waals surface area contributed by atoms with Crippen molar-refractivity contribution in [2.24, 2.45) is 0 Å². The lowest BCUT2D eigenvalue weighted by Crippen LogP contribution is -2.44. The van der Waals surface area contributed by atoms with Crippen molar-refractivity contribution < 1.29 is 9.53 Å². The quantitative estimate of drug-likeness (QED) is 0.620. The van der Waals surface area contributed by atoms with E-state index >= 15 is 0 Å². The van der Waals surface area contributed by atoms with Crippen LogP contribution in [0.1, 0.15) is 11.1 Å². The second-order valence-electron chi connectivity index (χ2n) is 7.37. The first-order valence-corrected chi connectivity index (χ1v) is 10.5. The largest absolute Gasteiger partial charge is 0.444 e. The number of piperazine rings is 1. The van der Waals surface area contributed by atoms with Crippen molar-refractivity contribution in [2.45, 2.75) is 13.5 Å². The van der Waals surface area contributed by atoms with Crippen molar-refractivity contribution in [1.29, 1.82) is 0 Å². The molecule has 160 valence electrons. The van der Waals surface area contributed by atoms with Crippen LogP contribution in [-0.2, 0) is 11.3 Å². The molecule has 1 amide bonds. The Morgan fingerprint density at radius 3 is 2.48 bits per heavy atom. The summed E-state index contributed by atoms with van der Waals surface area (Å²) in [6.45, 7) is 5.79. The maximum absolute atomic E-state index is 12.0. The number of amides is 1. The molecule has 3 aromatic rings. The van der Waals surface area contributed by atoms with Crippen LogP contribution >= 0.6 is 11.6 Å². The molecule has 2 N–H and O–H groups in total. The third-order valence-electron chi connectivity index (χ3n) is 5.10. The van der Waals surface area contributed by atoms with Crippen LogP contribution in [0.5, 0.6) is 0 Å². The summed E-state index contributed by atoms with van der Waals surface area (Å²) in [5, 5.41) is 6.68. The maximum atomic E-state index is 12.0. The molecule has 0 saturated carbocycles. The van der Waals surface area contributed by atoms with Gasteiger partial charge in [0.15, 0.2) is 0 Å². The van der Waals surface area contributed by atoms with Gasteiger partial charge in [-0.05, 0) is 41.8 Å². The first-order chi connectivity index (χ1) is 15.1. The van der Waals surface area contributed by atoms with E-state index in [2.05, 4.69) is 25.5 Å². The van der Waals surface area contributed by atoms with Crippen molar-refractivity contribution in [2.75, 3.05) is 36.4 Å². The van der Waals surface area contributed by atoms with E-state index in [-0.39, 0.29) is 6.61 Å². The van der Waals surface area contributed by atoms with Gasteiger partial charge in [-0.1, -0.05) is 35.9 Å². The molecule has 0 atom stereocenters. The molecule has 2 aromatic carbocycles. The molecule has 0 radical (unpaired) electrons. The smallest absolute Gasteiger partial charge is 0.411 e. The fraction of sp³-hybridized carbons (Fsp3) is 0.261. The number of rotatable bonds is 5. The van der Waals surface area contributed by atoms with E-state index in [1.54, 1.807) is 18.2 Å². The van der Waals surface area contributed by atoms with Gasteiger partial charge >= 0.3 is 6.09 Å². The minimum atomic E-state index is -0.511. The molecule has 1 aromatic heterocycles. The molecular formula is C23H24ClN5O2. The van der Waals surface area contributed by atoms with Crippen LogP contribution < -0.4 is 15.5 Å². The summed E-state index contributed by atoms with van der Waals surface area (Å²) >= 11 is 6.00. The standard InChI is InChI=1S/C23H24ClN5O2/c1-16-12-20(6-7-21(16)24)28-23(30)31-15-17-2-4-18(5-3-17)19-13-26-22(27-14-19)29-10-8-25-9-11-29/h2-7,12-14,25H,8-11,15H2,1H3,(H,28,30). The van der Waals surface area contributed by atoms with E-state index in [0.29, 0.717) is 10.7 Å². The molecular weight excluding hydrogens is 414 g/mol. The molecule has 1 aliphatic rings. The molecule has 8 heteroatoms. The molecule has 31 heavy (non-hydrogen) atoms. The molecule has 0 unspecified atom stereocenters. The number of halogens is 1. The molecule has 1 aliphatic heterocycles. The van der Waals surface area contributed by atoms with Crippen molar-refractivity contribution in [1.82, 2.24) is 15.3 Å². The lowest BCUT2D eigenvalue weighted by molar-refractivity contribution is 0.155. The fourth-order valence-corrected chi connectivity index (χ4v) is 3.43. The summed E-state index contributed by atoms with van der Waals surface area (Å²) in [6, 6.07) is 13.1. The molecule has 7 nitrogen and oxygen atoms in total. The zero-order valence-corrected chi connectivity index (χ0v) is 18.0. The third kappa shape index (κ3) is 5.51. The molecule has 0 aliphatic carbocycles. The van der Waals surface area contributed by atoms with Crippen LogP contribution in [0.4, 0.5) is 16.4 Å². The van der Waals surface area contributed by atoms with Crippen molar-refractivity contribution in [3.05, 3.63) is 71.0 Å². The van der Waals surface area contributed by atoms with E-state index in [9.17, 15) is 4.79 Å². The fourth-order valence-electron chi connectivity index (χ4n) is 3.32. The van der Waals surface area contributed by atoms with E-state index in [1.165, 1.54) is 0 Å². The predicted octanol–water partition coefficient (Wildman–Crippen LogP) is 4.26. The number of ether oxygens (including phenoxy) is 1. The van der Waals surface area contributed by atoms with Crippen molar-refractivity contribution >= 4 is 29.3 Å². The second-order valence-corrected chi connectivity index (χ2v) is 7.78. The first kappa shape index (κ1) is 21.1. The molecule has 1 fully saturated rings. The van der Waals surface area contributed by atoms with Gasteiger partial charge in [0.2, 0.25) is 5.95 Å². The minimum Gasteiger partial charge on any atom is -0.444 e. The van der Waals surface area contributed by atoms with Crippen LogP contribution in [-0.4, -0.2) is 42.2 Å². The van der Waals surface area contributed by atoms with E-state index in [0.717, 1.165) is 54.4 Å². The Balaban J connectivity index is 1.31. The minimum absolute atomic E-state index is 0.178. The van der Waals surface area contributed by atoms with Gasteiger partial charge in [-0.15, -0.1) is 0 Å². The number of nitrogens with zero attached hydrogens (tertiary/aromatic N) is 3. The first-order valence-electron chi connectivity index (χ1n) is 10.2. The highest BCUT2D eigenvalue weighted by Crippen LogP contribution is 2.21. The Morgan fingerprint density at radius 1 is 1.10 bits per heavy atom. The average Bonchev–Trinajstić information content (AvgIpc) is 2.81. The summed E-state index contributed by atoms with van der Waals surface area (Å²) in [7, 11) is 0. The summed E-state index contributed by atoms with van der Waals surface area (Å²) in [4.78, 5) is 23.2. The Morgan fingerprint density at radius 2 is 1.81 bits per heavy atom. The van der Waals surface area contributed by atoms with Gasteiger partial charge in [-0.2, -0.15) is 0 Å². The Kier molecular flexibility index (Phi) is 6.64. The number of hydrogen-bond donors (Lipinski definition) is 2. The third-order valence-corrected chi connectivity index (χ3v) is 5.52. The van der Waals surface area contributed by atoms with Gasteiger partial charge in [-0.3, -0.25) is 5.32 Å². The Hall–Kier alpha value is -3.16. The second kappa shape index (κ2) is 9.76. The molecule has 1 saturated heterocycles. The van der Waals surface area contributed by atoms with Gasteiger partial charge in [0, 0.05) is 54.8 Å². The average molecular weight is 438 g/mol. The number of carbonyl (C=O) groups is 1. The number of aryl methyl sites for hydroxylation is 1. The topological polar surface area (TPSA) is 79.4 Å². The van der Waals surface area contributed by atoms with E-state index in [4.69, 9.17) is 16.3 Å². The number of carbonyl (C=O) groups excluding carboxylic acids is 1. The predicted molar refractivity (Wildman–Crippen MR) is 123 cm³/mol. The molecule has 0 spiro atoms. The lowest BCUT2D eigenvalue weighted by Gasteiger charge is -2.27. The molecule has 2 heterocycles. The van der Waals surface area contributed by atoms with Crippen LogP contribution in [0.3, 0.4) is 0 Å². The summed E-state index contributed by atoms with van der Waals surface area (Å²) in [5.74, 6) is 0.761. The highest BCUT2D eigenvalue weighted by molar-refractivity contribution is 6.31. The number of benzene rings is 2. The normalized spacial score (nSPS) is 13.7. The van der Waals surface area contributed by atoms with Gasteiger partial charge in [0.05, 0.1) is 0 Å². The Bertz CT molecular complexity index is 1030. The molecule has 4 rings (SSSR count). The van der Waals surface area contributed by atoms with Gasteiger partial charge in [-0.25, -0.2) is 14.8 Å². The monoisotopic (exact) mass is 437 g/mol. The summed E-state index contributed by atoms with van der Waals surface area (Å²) < 4.78 is 5.31. The maximum Gasteiger partial charge on any atom is 0.411 e. The summed E-state index contributed by atoms with van der Waals surface area (Å²) in [5.41, 5.74) is 4.38. The SMILES string of the molecule is Cc1cc(NC(=O)OCc2ccc(-c3cnc(N4CCNCC4)nc3)cc2)ccc1Cl. The van der Waals surface area contributed by atoms with Crippen molar-refractivity contribution in [3.8, 4) is 11.1 Å². The van der Waals surface area contributed by atoms with Crippen molar-refractivity contribution in [3.63, 3.8) is 0 Å². The van der Waals surface area contributed by atoms with E-state index in [1.807, 2.05) is 43.6 Å². The van der Waals surface area contributed by atoms with Crippen LogP contribution in [0.15, 0.2) is 54.9 Å². The van der Waals surface area contributed by atoms with Gasteiger partial charge in [0.25, 0.3) is 0 Å². The number of aromatic nitrogens is 2. The Labute approximate surface area is 186 Å². The lowest BCUT2D eigenvalue weighted by atomic mass is 10.1. The highest BCUT2D eigenvalue weighted by atomic mass is 35.5. The number of anilines is 2. The van der Waals surface area contributed by atoms with Crippen LogP contribution in [0, 0.1) is 6.92 Å². The van der Waals surface area contributed by atoms with Gasteiger partial charge in [0.1, 0.15) is 6.61 Å². The highest BCUT2D eigenvalue weighted by Gasteiger charge is 2.13.